The smallest absolute Gasteiger partial charge is 0.225 e. The molecule has 2 unspecified atom stereocenters. The maximum Gasteiger partial charge on any atom is 0.225 e. The molecule has 5 nitrogen and oxygen atoms in total. The quantitative estimate of drug-likeness (QED) is 0.755. The van der Waals surface area contributed by atoms with Crippen molar-refractivity contribution < 1.29 is 9.59 Å². The molecule has 1 heterocycles. The molecule has 5 heteroatoms. The summed E-state index contributed by atoms with van der Waals surface area (Å²) in [6, 6.07) is 7.47. The molecule has 19 heavy (non-hydrogen) atoms. The van der Waals surface area contributed by atoms with E-state index in [4.69, 9.17) is 5.73 Å². The van der Waals surface area contributed by atoms with Crippen LogP contribution in [-0.2, 0) is 9.59 Å². The van der Waals surface area contributed by atoms with Gasteiger partial charge < -0.3 is 16.4 Å². The van der Waals surface area contributed by atoms with Crippen molar-refractivity contribution in [2.24, 2.45) is 5.73 Å². The molecule has 1 fully saturated rings. The van der Waals surface area contributed by atoms with E-state index in [2.05, 4.69) is 10.6 Å². The molecule has 0 aliphatic carbocycles. The molecule has 4 N–H and O–H groups in total. The molecule has 0 aromatic heterocycles. The van der Waals surface area contributed by atoms with Crippen LogP contribution in [0.15, 0.2) is 24.3 Å². The number of amides is 2. The van der Waals surface area contributed by atoms with E-state index in [1.54, 1.807) is 6.92 Å². The van der Waals surface area contributed by atoms with Crippen LogP contribution in [-0.4, -0.2) is 24.4 Å². The van der Waals surface area contributed by atoms with Gasteiger partial charge in [0, 0.05) is 37.0 Å². The van der Waals surface area contributed by atoms with Crippen molar-refractivity contribution in [1.82, 2.24) is 5.32 Å². The number of anilines is 1. The summed E-state index contributed by atoms with van der Waals surface area (Å²) >= 11 is 0. The van der Waals surface area contributed by atoms with Crippen molar-refractivity contribution >= 4 is 17.5 Å². The number of nitrogens with one attached hydrogen (secondary N) is 2. The number of benzene rings is 1. The zero-order chi connectivity index (χ0) is 13.8. The van der Waals surface area contributed by atoms with Crippen LogP contribution in [0.4, 0.5) is 5.69 Å². The van der Waals surface area contributed by atoms with Gasteiger partial charge in [0.25, 0.3) is 0 Å². The van der Waals surface area contributed by atoms with Gasteiger partial charge in [-0.3, -0.25) is 9.59 Å². The Morgan fingerprint density at radius 2 is 2.37 bits per heavy atom. The van der Waals surface area contributed by atoms with Gasteiger partial charge in [-0.2, -0.15) is 0 Å². The topological polar surface area (TPSA) is 84.2 Å². The average Bonchev–Trinajstić information content (AvgIpc) is 2.75. The third-order valence-electron chi connectivity index (χ3n) is 3.13. The van der Waals surface area contributed by atoms with E-state index < -0.39 is 0 Å². The Morgan fingerprint density at radius 1 is 1.58 bits per heavy atom. The lowest BCUT2D eigenvalue weighted by atomic mass is 9.98. The number of hydrogen-bond acceptors (Lipinski definition) is 3. The number of carbonyl (C=O) groups excluding carboxylic acids is 2. The zero-order valence-electron chi connectivity index (χ0n) is 11.0. The van der Waals surface area contributed by atoms with Gasteiger partial charge in [-0.15, -0.1) is 0 Å². The summed E-state index contributed by atoms with van der Waals surface area (Å²) in [5, 5.41) is 5.64. The van der Waals surface area contributed by atoms with E-state index in [1.165, 1.54) is 0 Å². The van der Waals surface area contributed by atoms with Crippen molar-refractivity contribution in [2.75, 3.05) is 11.9 Å². The molecule has 0 spiro atoms. The van der Waals surface area contributed by atoms with Gasteiger partial charge in [-0.25, -0.2) is 0 Å². The molecular weight excluding hydrogens is 242 g/mol. The van der Waals surface area contributed by atoms with Crippen molar-refractivity contribution in [1.29, 1.82) is 0 Å². The largest absolute Gasteiger partial charge is 0.355 e. The summed E-state index contributed by atoms with van der Waals surface area (Å²) in [5.74, 6) is 0.182. The second-order valence-electron chi connectivity index (χ2n) is 5.06. The summed E-state index contributed by atoms with van der Waals surface area (Å²) in [6.07, 6.45) is 0.810. The number of rotatable bonds is 4. The van der Waals surface area contributed by atoms with Crippen molar-refractivity contribution in [2.45, 2.75) is 31.7 Å². The van der Waals surface area contributed by atoms with Gasteiger partial charge in [-0.1, -0.05) is 12.1 Å². The van der Waals surface area contributed by atoms with Crippen molar-refractivity contribution in [3.05, 3.63) is 29.8 Å². The minimum absolute atomic E-state index is 0.0800. The van der Waals surface area contributed by atoms with Crippen molar-refractivity contribution in [3.8, 4) is 0 Å². The highest BCUT2D eigenvalue weighted by Crippen LogP contribution is 2.25. The Kier molecular flexibility index (Phi) is 4.16. The highest BCUT2D eigenvalue weighted by Gasteiger charge is 2.23. The van der Waals surface area contributed by atoms with Crippen LogP contribution in [0.25, 0.3) is 0 Å². The second-order valence-corrected chi connectivity index (χ2v) is 5.06. The van der Waals surface area contributed by atoms with Crippen LogP contribution in [0.1, 0.15) is 31.2 Å². The van der Waals surface area contributed by atoms with Gasteiger partial charge in [0.1, 0.15) is 0 Å². The summed E-state index contributed by atoms with van der Waals surface area (Å²) in [7, 11) is 0. The molecule has 1 aromatic rings. The minimum Gasteiger partial charge on any atom is -0.355 e. The molecule has 0 radical (unpaired) electrons. The molecule has 2 rings (SSSR count). The molecule has 2 amide bonds. The molecule has 0 bridgehead atoms. The SMILES string of the molecule is CC(N)CC(=O)Nc1cccc(C2CNC(=O)C2)c1. The van der Waals surface area contributed by atoms with Crippen LogP contribution in [0.5, 0.6) is 0 Å². The van der Waals surface area contributed by atoms with E-state index in [-0.39, 0.29) is 23.8 Å². The first-order valence-corrected chi connectivity index (χ1v) is 6.46. The van der Waals surface area contributed by atoms with Gasteiger partial charge in [-0.05, 0) is 24.6 Å². The maximum absolute atomic E-state index is 11.6. The highest BCUT2D eigenvalue weighted by atomic mass is 16.2. The van der Waals surface area contributed by atoms with Crippen LogP contribution in [0.2, 0.25) is 0 Å². The van der Waals surface area contributed by atoms with E-state index in [1.807, 2.05) is 24.3 Å². The first-order valence-electron chi connectivity index (χ1n) is 6.46. The van der Waals surface area contributed by atoms with Crippen LogP contribution >= 0.6 is 0 Å². The van der Waals surface area contributed by atoms with Gasteiger partial charge in [0.2, 0.25) is 11.8 Å². The maximum atomic E-state index is 11.6. The fourth-order valence-corrected chi connectivity index (χ4v) is 2.22. The first kappa shape index (κ1) is 13.5. The lowest BCUT2D eigenvalue weighted by Gasteiger charge is -2.11. The zero-order valence-corrected chi connectivity index (χ0v) is 11.0. The summed E-state index contributed by atoms with van der Waals surface area (Å²) in [6.45, 7) is 2.46. The Balaban J connectivity index is 2.03. The Bertz CT molecular complexity index is 485. The summed E-state index contributed by atoms with van der Waals surface area (Å²) < 4.78 is 0. The third-order valence-corrected chi connectivity index (χ3v) is 3.13. The van der Waals surface area contributed by atoms with Crippen molar-refractivity contribution in [3.63, 3.8) is 0 Å². The van der Waals surface area contributed by atoms with E-state index in [0.717, 1.165) is 11.3 Å². The average molecular weight is 261 g/mol. The second kappa shape index (κ2) is 5.84. The highest BCUT2D eigenvalue weighted by molar-refractivity contribution is 5.91. The molecule has 1 aliphatic heterocycles. The first-order chi connectivity index (χ1) is 9.04. The lowest BCUT2D eigenvalue weighted by molar-refractivity contribution is -0.119. The molecule has 1 aromatic carbocycles. The summed E-state index contributed by atoms with van der Waals surface area (Å²) in [4.78, 5) is 22.9. The number of hydrogen-bond donors (Lipinski definition) is 3. The third kappa shape index (κ3) is 3.79. The van der Waals surface area contributed by atoms with Gasteiger partial charge >= 0.3 is 0 Å². The Labute approximate surface area is 112 Å². The van der Waals surface area contributed by atoms with E-state index in [0.29, 0.717) is 19.4 Å². The van der Waals surface area contributed by atoms with E-state index in [9.17, 15) is 9.59 Å². The molecule has 2 atom stereocenters. The molecule has 1 saturated heterocycles. The van der Waals surface area contributed by atoms with Crippen LogP contribution in [0, 0.1) is 0 Å². The molecule has 0 saturated carbocycles. The predicted molar refractivity (Wildman–Crippen MR) is 73.7 cm³/mol. The molecule has 1 aliphatic rings. The van der Waals surface area contributed by atoms with Gasteiger partial charge in [0.05, 0.1) is 0 Å². The minimum atomic E-state index is -0.153. The Morgan fingerprint density at radius 3 is 3.00 bits per heavy atom. The number of carbonyl (C=O) groups is 2. The van der Waals surface area contributed by atoms with Crippen LogP contribution in [0.3, 0.4) is 0 Å². The normalized spacial score (nSPS) is 19.9. The molecular formula is C14H19N3O2. The molecule has 102 valence electrons. The van der Waals surface area contributed by atoms with Gasteiger partial charge in [0.15, 0.2) is 0 Å². The standard InChI is InChI=1S/C14H19N3O2/c1-9(15)5-14(19)17-12-4-2-3-10(6-12)11-7-13(18)16-8-11/h2-4,6,9,11H,5,7-8,15H2,1H3,(H,16,18)(H,17,19). The Hall–Kier alpha value is -1.88. The van der Waals surface area contributed by atoms with E-state index >= 15 is 0 Å². The fraction of sp³-hybridized carbons (Fsp3) is 0.429. The summed E-state index contributed by atoms with van der Waals surface area (Å²) in [5.41, 5.74) is 7.40. The fourth-order valence-electron chi connectivity index (χ4n) is 2.22. The van der Waals surface area contributed by atoms with Crippen LogP contribution < -0.4 is 16.4 Å². The predicted octanol–water partition coefficient (Wildman–Crippen LogP) is 0.966. The lowest BCUT2D eigenvalue weighted by Crippen LogP contribution is -2.24. The number of nitrogens with two attached hydrogens (primary N) is 1. The monoisotopic (exact) mass is 261 g/mol.